The van der Waals surface area contributed by atoms with E-state index in [0.717, 1.165) is 36.8 Å². The van der Waals surface area contributed by atoms with Gasteiger partial charge in [0.1, 0.15) is 12.1 Å². The van der Waals surface area contributed by atoms with Crippen LogP contribution in [-0.4, -0.2) is 71.8 Å². The Hall–Kier alpha value is -3.47. The van der Waals surface area contributed by atoms with Crippen LogP contribution < -0.4 is 21.3 Å². The Kier molecular flexibility index (Phi) is 9.55. The predicted octanol–water partition coefficient (Wildman–Crippen LogP) is 0.651. The second-order valence-corrected chi connectivity index (χ2v) is 10.6. The van der Waals surface area contributed by atoms with Gasteiger partial charge in [0, 0.05) is 32.0 Å². The standard InChI is InChI=1S/C28H39N5O6/c1-17(29-2)25(35)32-21-9-4-3-8-20-10-11-22(33(20)28(21)38)26(36)30-15-18-6-5-7-19(14-18)16-31-27(37)23-12-13-24(34)39-23/h5-7,14,17,20-23,29H,3-4,8-13,15-16H2,1-2H3,(H,30,36)(H,31,37)(H,32,35)/t17-,20-,21-,22-,23-/m0/s1. The van der Waals surface area contributed by atoms with Gasteiger partial charge in [0.25, 0.3) is 5.91 Å². The molecule has 3 aliphatic heterocycles. The second-order valence-electron chi connectivity index (χ2n) is 10.6. The Labute approximate surface area is 228 Å². The minimum Gasteiger partial charge on any atom is -0.452 e. The van der Waals surface area contributed by atoms with Crippen molar-refractivity contribution >= 4 is 29.6 Å². The molecule has 0 aromatic heterocycles. The molecular formula is C28H39N5O6. The number of ether oxygens (including phenoxy) is 1. The average Bonchev–Trinajstić information content (AvgIpc) is 3.56. The van der Waals surface area contributed by atoms with Crippen LogP contribution in [0.15, 0.2) is 24.3 Å². The average molecular weight is 542 g/mol. The van der Waals surface area contributed by atoms with Crippen molar-refractivity contribution in [3.8, 4) is 0 Å². The number of hydrogen-bond acceptors (Lipinski definition) is 7. The Bertz CT molecular complexity index is 1090. The first-order valence-electron chi connectivity index (χ1n) is 13.9. The summed E-state index contributed by atoms with van der Waals surface area (Å²) in [6.07, 6.45) is 4.49. The van der Waals surface area contributed by atoms with E-state index in [1.807, 2.05) is 24.3 Å². The van der Waals surface area contributed by atoms with Gasteiger partial charge in [0.05, 0.1) is 6.04 Å². The molecule has 39 heavy (non-hydrogen) atoms. The molecule has 0 bridgehead atoms. The monoisotopic (exact) mass is 541 g/mol. The molecule has 3 saturated heterocycles. The first-order valence-corrected chi connectivity index (χ1v) is 13.9. The SMILES string of the molecule is CN[C@@H](C)C(=O)N[C@H]1CCCC[C@H]2CC[C@@H](C(=O)NCc3cccc(CNC(=O)[C@@H]4CCC(=O)O4)c3)N2C1=O. The van der Waals surface area contributed by atoms with Crippen molar-refractivity contribution in [2.75, 3.05) is 7.05 Å². The van der Waals surface area contributed by atoms with Gasteiger partial charge in [-0.3, -0.25) is 24.0 Å². The van der Waals surface area contributed by atoms with E-state index in [-0.39, 0.29) is 55.2 Å². The highest BCUT2D eigenvalue weighted by Gasteiger charge is 2.43. The van der Waals surface area contributed by atoms with Crippen molar-refractivity contribution in [1.82, 2.24) is 26.2 Å². The number of nitrogens with one attached hydrogen (secondary N) is 4. The molecule has 11 nitrogen and oxygen atoms in total. The molecule has 4 N–H and O–H groups in total. The number of rotatable bonds is 9. The molecule has 0 aliphatic carbocycles. The van der Waals surface area contributed by atoms with Crippen LogP contribution in [0.3, 0.4) is 0 Å². The maximum absolute atomic E-state index is 13.5. The second kappa shape index (κ2) is 13.1. The van der Waals surface area contributed by atoms with Gasteiger partial charge < -0.3 is 30.9 Å². The van der Waals surface area contributed by atoms with Crippen LogP contribution in [0.2, 0.25) is 0 Å². The number of nitrogens with zero attached hydrogens (tertiary/aromatic N) is 1. The van der Waals surface area contributed by atoms with Crippen molar-refractivity contribution in [2.24, 2.45) is 0 Å². The van der Waals surface area contributed by atoms with E-state index in [1.165, 1.54) is 0 Å². The molecule has 0 radical (unpaired) electrons. The Balaban J connectivity index is 1.34. The summed E-state index contributed by atoms with van der Waals surface area (Å²) in [5.74, 6) is -1.29. The molecule has 11 heteroatoms. The molecule has 1 aromatic rings. The molecule has 5 atom stereocenters. The lowest BCUT2D eigenvalue weighted by molar-refractivity contribution is -0.148. The third kappa shape index (κ3) is 7.14. The fourth-order valence-electron chi connectivity index (χ4n) is 5.52. The Morgan fingerprint density at radius 3 is 2.33 bits per heavy atom. The third-order valence-corrected chi connectivity index (χ3v) is 7.88. The highest BCUT2D eigenvalue weighted by atomic mass is 16.6. The first kappa shape index (κ1) is 28.5. The Morgan fingerprint density at radius 1 is 0.974 bits per heavy atom. The summed E-state index contributed by atoms with van der Waals surface area (Å²) in [6, 6.07) is 5.89. The van der Waals surface area contributed by atoms with Gasteiger partial charge in [-0.05, 0) is 50.8 Å². The number of benzene rings is 1. The number of likely N-dealkylation sites (N-methyl/N-ethyl adjacent to an activating group) is 1. The van der Waals surface area contributed by atoms with E-state index in [2.05, 4.69) is 21.3 Å². The van der Waals surface area contributed by atoms with Crippen LogP contribution in [-0.2, 0) is 41.8 Å². The lowest BCUT2D eigenvalue weighted by atomic mass is 9.98. The molecule has 0 spiro atoms. The molecule has 0 unspecified atom stereocenters. The smallest absolute Gasteiger partial charge is 0.306 e. The summed E-state index contributed by atoms with van der Waals surface area (Å²) < 4.78 is 5.00. The largest absolute Gasteiger partial charge is 0.452 e. The fraction of sp³-hybridized carbons (Fsp3) is 0.607. The molecule has 3 heterocycles. The van der Waals surface area contributed by atoms with Gasteiger partial charge in [-0.25, -0.2) is 0 Å². The third-order valence-electron chi connectivity index (χ3n) is 7.88. The molecule has 3 fully saturated rings. The summed E-state index contributed by atoms with van der Waals surface area (Å²) in [6.45, 7) is 2.30. The van der Waals surface area contributed by atoms with Crippen LogP contribution in [0.4, 0.5) is 0 Å². The van der Waals surface area contributed by atoms with Crippen molar-refractivity contribution in [1.29, 1.82) is 0 Å². The summed E-state index contributed by atoms with van der Waals surface area (Å²) in [5, 5.41) is 11.6. The van der Waals surface area contributed by atoms with Crippen LogP contribution in [0, 0.1) is 0 Å². The van der Waals surface area contributed by atoms with Gasteiger partial charge in [-0.2, -0.15) is 0 Å². The number of cyclic esters (lactones) is 1. The minimum atomic E-state index is -0.735. The lowest BCUT2D eigenvalue weighted by Crippen LogP contribution is -2.57. The first-order chi connectivity index (χ1) is 18.8. The number of hydrogen-bond donors (Lipinski definition) is 4. The zero-order chi connectivity index (χ0) is 27.9. The van der Waals surface area contributed by atoms with Gasteiger partial charge >= 0.3 is 5.97 Å². The van der Waals surface area contributed by atoms with Gasteiger partial charge in [0.15, 0.2) is 6.10 Å². The van der Waals surface area contributed by atoms with Crippen LogP contribution in [0.25, 0.3) is 0 Å². The minimum absolute atomic E-state index is 0.000700. The maximum Gasteiger partial charge on any atom is 0.306 e. The molecule has 1 aromatic carbocycles. The molecule has 4 amide bonds. The zero-order valence-corrected chi connectivity index (χ0v) is 22.7. The molecule has 212 valence electrons. The van der Waals surface area contributed by atoms with Crippen molar-refractivity contribution in [3.63, 3.8) is 0 Å². The predicted molar refractivity (Wildman–Crippen MR) is 142 cm³/mol. The van der Waals surface area contributed by atoms with Gasteiger partial charge in [0.2, 0.25) is 17.7 Å². The summed E-state index contributed by atoms with van der Waals surface area (Å²) in [5.41, 5.74) is 1.72. The molecule has 0 saturated carbocycles. The van der Waals surface area contributed by atoms with Gasteiger partial charge in [-0.1, -0.05) is 37.1 Å². The van der Waals surface area contributed by atoms with E-state index in [9.17, 15) is 24.0 Å². The molecule has 3 aliphatic rings. The van der Waals surface area contributed by atoms with Crippen molar-refractivity contribution in [3.05, 3.63) is 35.4 Å². The quantitative estimate of drug-likeness (QED) is 0.336. The van der Waals surface area contributed by atoms with E-state index in [0.29, 0.717) is 19.3 Å². The van der Waals surface area contributed by atoms with Crippen LogP contribution in [0.5, 0.6) is 0 Å². The normalized spacial score (nSPS) is 25.6. The van der Waals surface area contributed by atoms with Crippen LogP contribution >= 0.6 is 0 Å². The number of fused-ring (bicyclic) bond motifs is 1. The molecular weight excluding hydrogens is 502 g/mol. The van der Waals surface area contributed by atoms with Crippen molar-refractivity contribution < 1.29 is 28.7 Å². The summed E-state index contributed by atoms with van der Waals surface area (Å²) >= 11 is 0. The Morgan fingerprint density at radius 2 is 1.67 bits per heavy atom. The summed E-state index contributed by atoms with van der Waals surface area (Å²) in [7, 11) is 1.70. The fourth-order valence-corrected chi connectivity index (χ4v) is 5.52. The summed E-state index contributed by atoms with van der Waals surface area (Å²) in [4.78, 5) is 64.5. The highest BCUT2D eigenvalue weighted by Crippen LogP contribution is 2.31. The van der Waals surface area contributed by atoms with Gasteiger partial charge in [-0.15, -0.1) is 0 Å². The maximum atomic E-state index is 13.5. The zero-order valence-electron chi connectivity index (χ0n) is 22.7. The number of esters is 1. The number of amides is 4. The molecule has 4 rings (SSSR count). The van der Waals surface area contributed by atoms with E-state index >= 15 is 0 Å². The van der Waals surface area contributed by atoms with E-state index in [1.54, 1.807) is 18.9 Å². The van der Waals surface area contributed by atoms with Crippen LogP contribution in [0.1, 0.15) is 69.4 Å². The topological polar surface area (TPSA) is 146 Å². The number of carbonyl (C=O) groups excluding carboxylic acids is 5. The van der Waals surface area contributed by atoms with Crippen molar-refractivity contribution in [2.45, 2.75) is 102 Å². The number of carbonyl (C=O) groups is 5. The van der Waals surface area contributed by atoms with E-state index in [4.69, 9.17) is 4.74 Å². The van der Waals surface area contributed by atoms with E-state index < -0.39 is 24.2 Å². The lowest BCUT2D eigenvalue weighted by Gasteiger charge is -2.35. The highest BCUT2D eigenvalue weighted by molar-refractivity contribution is 5.93.